The molecule has 0 aliphatic carbocycles. The zero-order valence-corrected chi connectivity index (χ0v) is 12.1. The minimum absolute atomic E-state index is 0.269. The van der Waals surface area contributed by atoms with E-state index in [-0.39, 0.29) is 6.10 Å². The average Bonchev–Trinajstić information content (AvgIpc) is 2.76. The van der Waals surface area contributed by atoms with Crippen molar-refractivity contribution in [1.82, 2.24) is 19.9 Å². The fraction of sp³-hybridized carbons (Fsp3) is 0.846. The molecule has 0 N–H and O–H groups in total. The Bertz CT molecular complexity index is 380. The second-order valence-corrected chi connectivity index (χ2v) is 5.34. The van der Waals surface area contributed by atoms with E-state index in [2.05, 4.69) is 41.0 Å². The van der Waals surface area contributed by atoms with Crippen molar-refractivity contribution in [2.75, 3.05) is 40.3 Å². The number of nitrogens with zero attached hydrogens (tertiary/aromatic N) is 4. The van der Waals surface area contributed by atoms with Crippen LogP contribution in [0.4, 0.5) is 0 Å². The fourth-order valence-corrected chi connectivity index (χ4v) is 2.31. The maximum absolute atomic E-state index is 5.75. The second-order valence-electron chi connectivity index (χ2n) is 5.34. The molecular formula is C13H24N4O2. The third kappa shape index (κ3) is 4.56. The molecule has 6 nitrogen and oxygen atoms in total. The van der Waals surface area contributed by atoms with Crippen molar-refractivity contribution in [3.8, 4) is 0 Å². The van der Waals surface area contributed by atoms with Crippen LogP contribution in [-0.2, 0) is 17.7 Å². The number of morpholine rings is 1. The molecule has 1 aliphatic heterocycles. The van der Waals surface area contributed by atoms with Crippen molar-refractivity contribution in [2.45, 2.75) is 32.4 Å². The van der Waals surface area contributed by atoms with Crippen LogP contribution in [0.5, 0.6) is 0 Å². The topological polar surface area (TPSA) is 54.6 Å². The average molecular weight is 268 g/mol. The first-order valence-corrected chi connectivity index (χ1v) is 6.97. The van der Waals surface area contributed by atoms with Crippen molar-refractivity contribution in [3.05, 3.63) is 11.7 Å². The zero-order chi connectivity index (χ0) is 13.7. The van der Waals surface area contributed by atoms with Gasteiger partial charge in [0.1, 0.15) is 0 Å². The highest BCUT2D eigenvalue weighted by molar-refractivity contribution is 4.87. The number of ether oxygens (including phenoxy) is 1. The molecule has 6 heteroatoms. The van der Waals surface area contributed by atoms with Crippen LogP contribution in [0.2, 0.25) is 0 Å². The Morgan fingerprint density at radius 1 is 1.42 bits per heavy atom. The lowest BCUT2D eigenvalue weighted by atomic mass is 10.2. The Kier molecular flexibility index (Phi) is 5.30. The smallest absolute Gasteiger partial charge is 0.226 e. The fourth-order valence-electron chi connectivity index (χ4n) is 2.31. The Balaban J connectivity index is 1.83. The molecule has 19 heavy (non-hydrogen) atoms. The normalized spacial score (nSPS) is 21.2. The third-order valence-corrected chi connectivity index (χ3v) is 3.13. The van der Waals surface area contributed by atoms with E-state index in [1.807, 2.05) is 0 Å². The minimum Gasteiger partial charge on any atom is -0.374 e. The Morgan fingerprint density at radius 3 is 3.00 bits per heavy atom. The van der Waals surface area contributed by atoms with Gasteiger partial charge in [-0.15, -0.1) is 0 Å². The molecule has 0 radical (unpaired) electrons. The van der Waals surface area contributed by atoms with Crippen LogP contribution in [0.1, 0.15) is 25.1 Å². The van der Waals surface area contributed by atoms with Gasteiger partial charge in [0.2, 0.25) is 5.89 Å². The molecule has 0 unspecified atom stereocenters. The molecule has 2 rings (SSSR count). The maximum Gasteiger partial charge on any atom is 0.226 e. The summed E-state index contributed by atoms with van der Waals surface area (Å²) in [6.07, 6.45) is 2.16. The van der Waals surface area contributed by atoms with Gasteiger partial charge in [0, 0.05) is 26.1 Å². The van der Waals surface area contributed by atoms with Gasteiger partial charge in [-0.3, -0.25) is 4.90 Å². The van der Waals surface area contributed by atoms with Gasteiger partial charge in [0.05, 0.1) is 19.3 Å². The predicted molar refractivity (Wildman–Crippen MR) is 71.9 cm³/mol. The van der Waals surface area contributed by atoms with Gasteiger partial charge < -0.3 is 14.2 Å². The Hall–Kier alpha value is -0.980. The van der Waals surface area contributed by atoms with Gasteiger partial charge in [0.15, 0.2) is 5.82 Å². The lowest BCUT2D eigenvalue weighted by molar-refractivity contribution is -0.0414. The molecule has 0 spiro atoms. The lowest BCUT2D eigenvalue weighted by Gasteiger charge is -2.33. The monoisotopic (exact) mass is 268 g/mol. The van der Waals surface area contributed by atoms with Gasteiger partial charge in [-0.2, -0.15) is 4.98 Å². The van der Waals surface area contributed by atoms with Gasteiger partial charge in [-0.25, -0.2) is 0 Å². The molecule has 1 aliphatic rings. The molecule has 1 aromatic heterocycles. The molecule has 1 fully saturated rings. The largest absolute Gasteiger partial charge is 0.374 e. The van der Waals surface area contributed by atoms with Crippen molar-refractivity contribution in [3.63, 3.8) is 0 Å². The van der Waals surface area contributed by atoms with Gasteiger partial charge in [-0.1, -0.05) is 12.1 Å². The van der Waals surface area contributed by atoms with Crippen LogP contribution >= 0.6 is 0 Å². The third-order valence-electron chi connectivity index (χ3n) is 3.13. The Morgan fingerprint density at radius 2 is 2.26 bits per heavy atom. The highest BCUT2D eigenvalue weighted by Gasteiger charge is 2.22. The summed E-state index contributed by atoms with van der Waals surface area (Å²) in [4.78, 5) is 8.90. The summed E-state index contributed by atoms with van der Waals surface area (Å²) >= 11 is 0. The summed E-state index contributed by atoms with van der Waals surface area (Å²) in [5.74, 6) is 1.53. The van der Waals surface area contributed by atoms with Crippen LogP contribution in [0.3, 0.4) is 0 Å². The number of hydrogen-bond donors (Lipinski definition) is 0. The quantitative estimate of drug-likeness (QED) is 0.760. The van der Waals surface area contributed by atoms with Gasteiger partial charge in [0.25, 0.3) is 0 Å². The molecule has 0 aromatic carbocycles. The van der Waals surface area contributed by atoms with Crippen LogP contribution in [0.15, 0.2) is 4.52 Å². The Labute approximate surface area is 114 Å². The SMILES string of the molecule is CCCc1nc(CN2CCO[C@@H](CN(C)C)C2)no1. The summed E-state index contributed by atoms with van der Waals surface area (Å²) in [7, 11) is 4.14. The predicted octanol–water partition coefficient (Wildman–Crippen LogP) is 0.785. The molecule has 108 valence electrons. The summed E-state index contributed by atoms with van der Waals surface area (Å²) in [6.45, 7) is 6.44. The first kappa shape index (κ1) is 14.4. The zero-order valence-electron chi connectivity index (χ0n) is 12.1. The molecule has 1 aromatic rings. The van der Waals surface area contributed by atoms with E-state index in [4.69, 9.17) is 9.26 Å². The molecular weight excluding hydrogens is 244 g/mol. The highest BCUT2D eigenvalue weighted by Crippen LogP contribution is 2.10. The van der Waals surface area contributed by atoms with Crippen LogP contribution in [0.25, 0.3) is 0 Å². The van der Waals surface area contributed by atoms with Crippen molar-refractivity contribution < 1.29 is 9.26 Å². The van der Waals surface area contributed by atoms with Gasteiger partial charge >= 0.3 is 0 Å². The first-order chi connectivity index (χ1) is 9.17. The first-order valence-electron chi connectivity index (χ1n) is 6.97. The van der Waals surface area contributed by atoms with Crippen LogP contribution < -0.4 is 0 Å². The van der Waals surface area contributed by atoms with E-state index < -0.39 is 0 Å². The number of aromatic nitrogens is 2. The summed E-state index contributed by atoms with van der Waals surface area (Å²) in [5.41, 5.74) is 0. The molecule has 0 bridgehead atoms. The number of likely N-dealkylation sites (N-methyl/N-ethyl adjacent to an activating group) is 1. The summed E-state index contributed by atoms with van der Waals surface area (Å²) < 4.78 is 11.0. The van der Waals surface area contributed by atoms with Gasteiger partial charge in [-0.05, 0) is 20.5 Å². The minimum atomic E-state index is 0.269. The highest BCUT2D eigenvalue weighted by atomic mass is 16.5. The molecule has 0 amide bonds. The summed E-state index contributed by atoms with van der Waals surface area (Å²) in [5, 5.41) is 4.04. The maximum atomic E-state index is 5.75. The van der Waals surface area contributed by atoms with E-state index >= 15 is 0 Å². The van der Waals surface area contributed by atoms with Crippen LogP contribution in [-0.4, -0.2) is 66.4 Å². The number of rotatable bonds is 6. The molecule has 0 saturated carbocycles. The van der Waals surface area contributed by atoms with Crippen molar-refractivity contribution in [2.24, 2.45) is 0 Å². The molecule has 1 saturated heterocycles. The summed E-state index contributed by atoms with van der Waals surface area (Å²) in [6, 6.07) is 0. The van der Waals surface area contributed by atoms with E-state index in [9.17, 15) is 0 Å². The van der Waals surface area contributed by atoms with Crippen molar-refractivity contribution in [1.29, 1.82) is 0 Å². The number of aryl methyl sites for hydroxylation is 1. The molecule has 1 atom stereocenters. The molecule has 2 heterocycles. The lowest BCUT2D eigenvalue weighted by Crippen LogP contribution is -2.46. The van der Waals surface area contributed by atoms with E-state index in [0.29, 0.717) is 0 Å². The standard InChI is InChI=1S/C13H24N4O2/c1-4-5-13-14-12(15-19-13)10-17-6-7-18-11(9-17)8-16(2)3/h11H,4-10H2,1-3H3/t11-/m0/s1. The van der Waals surface area contributed by atoms with Crippen molar-refractivity contribution >= 4 is 0 Å². The second kappa shape index (κ2) is 6.98. The number of hydrogen-bond acceptors (Lipinski definition) is 6. The van der Waals surface area contributed by atoms with Crippen LogP contribution in [0, 0.1) is 0 Å². The van der Waals surface area contributed by atoms with E-state index in [1.54, 1.807) is 0 Å². The van der Waals surface area contributed by atoms with E-state index in [1.165, 1.54) is 0 Å². The van der Waals surface area contributed by atoms with E-state index in [0.717, 1.165) is 57.3 Å².